The molecular weight excluding hydrogens is 248 g/mol. The van der Waals surface area contributed by atoms with Gasteiger partial charge in [0.15, 0.2) is 4.34 Å². The van der Waals surface area contributed by atoms with E-state index in [1.54, 1.807) is 23.3 Å². The molecule has 0 N–H and O–H groups in total. The van der Waals surface area contributed by atoms with Gasteiger partial charge in [-0.3, -0.25) is 0 Å². The number of fused-ring (bicyclic) bond motifs is 1. The summed E-state index contributed by atoms with van der Waals surface area (Å²) in [6, 6.07) is 8.84. The largest absolute Gasteiger partial charge is 0.228 e. The molecule has 4 heteroatoms. The lowest BCUT2D eigenvalue weighted by atomic mass is 9.96. The molecule has 1 aliphatic rings. The van der Waals surface area contributed by atoms with Crippen LogP contribution in [0.15, 0.2) is 28.6 Å². The van der Waals surface area contributed by atoms with Crippen molar-refractivity contribution in [2.24, 2.45) is 0 Å². The smallest absolute Gasteiger partial charge is 0.167 e. The zero-order valence-corrected chi connectivity index (χ0v) is 11.3. The van der Waals surface area contributed by atoms with E-state index in [2.05, 4.69) is 23.2 Å². The number of hydrogen-bond acceptors (Lipinski definition) is 3. The number of hydrogen-bond donors (Lipinski definition) is 0. The molecule has 1 aromatic heterocycles. The summed E-state index contributed by atoms with van der Waals surface area (Å²) in [7, 11) is 0. The summed E-state index contributed by atoms with van der Waals surface area (Å²) in [5.41, 5.74) is 1.10. The molecule has 0 spiro atoms. The second-order valence-corrected chi connectivity index (χ2v) is 6.51. The van der Waals surface area contributed by atoms with Crippen LogP contribution in [-0.2, 0) is 0 Å². The fourth-order valence-corrected chi connectivity index (χ4v) is 4.03. The van der Waals surface area contributed by atoms with Crippen LogP contribution < -0.4 is 4.72 Å². The molecule has 0 aliphatic heterocycles. The minimum Gasteiger partial charge on any atom is -0.228 e. The maximum absolute atomic E-state index is 4.71. The van der Waals surface area contributed by atoms with Gasteiger partial charge in [0.2, 0.25) is 0 Å². The summed E-state index contributed by atoms with van der Waals surface area (Å²) in [5, 5.41) is 0. The van der Waals surface area contributed by atoms with E-state index in [9.17, 15) is 0 Å². The lowest BCUT2D eigenvalue weighted by Crippen LogP contribution is -2.19. The van der Waals surface area contributed by atoms with E-state index in [0.29, 0.717) is 6.04 Å². The molecule has 0 amide bonds. The van der Waals surface area contributed by atoms with Crippen LogP contribution >= 0.6 is 23.3 Å². The molecule has 1 radical (unpaired) electrons. The summed E-state index contributed by atoms with van der Waals surface area (Å²) in [5.74, 6) is 0. The van der Waals surface area contributed by atoms with Crippen LogP contribution in [0.2, 0.25) is 0 Å². The van der Waals surface area contributed by atoms with Gasteiger partial charge in [0, 0.05) is 18.0 Å². The van der Waals surface area contributed by atoms with Crippen molar-refractivity contribution in [2.45, 2.75) is 42.5 Å². The summed E-state index contributed by atoms with van der Waals surface area (Å²) in [6.45, 7) is 0. The minimum absolute atomic E-state index is 0.556. The van der Waals surface area contributed by atoms with Crippen LogP contribution in [0.25, 0.3) is 10.2 Å². The normalized spacial score (nSPS) is 17.6. The Labute approximate surface area is 110 Å². The van der Waals surface area contributed by atoms with Gasteiger partial charge >= 0.3 is 0 Å². The highest BCUT2D eigenvalue weighted by Gasteiger charge is 2.15. The lowest BCUT2D eigenvalue weighted by Gasteiger charge is -2.19. The van der Waals surface area contributed by atoms with E-state index < -0.39 is 0 Å². The van der Waals surface area contributed by atoms with Gasteiger partial charge in [-0.15, -0.1) is 11.3 Å². The first kappa shape index (κ1) is 11.5. The highest BCUT2D eigenvalue weighted by Crippen LogP contribution is 2.30. The second-order valence-electron chi connectivity index (χ2n) is 4.44. The Morgan fingerprint density at radius 2 is 2.00 bits per heavy atom. The predicted molar refractivity (Wildman–Crippen MR) is 74.5 cm³/mol. The SMILES string of the molecule is c1ccc2sc(S[N]C3CCCCC3)nc2c1. The molecule has 1 aromatic carbocycles. The molecule has 2 nitrogen and oxygen atoms in total. The Morgan fingerprint density at radius 3 is 2.82 bits per heavy atom. The molecule has 0 atom stereocenters. The topological polar surface area (TPSA) is 27.0 Å². The predicted octanol–water partition coefficient (Wildman–Crippen LogP) is 4.24. The Bertz CT molecular complexity index is 456. The fourth-order valence-electron chi connectivity index (χ4n) is 2.20. The first-order valence-corrected chi connectivity index (χ1v) is 7.73. The van der Waals surface area contributed by atoms with Crippen LogP contribution in [0.4, 0.5) is 0 Å². The van der Waals surface area contributed by atoms with Crippen molar-refractivity contribution in [3.05, 3.63) is 24.3 Å². The molecule has 0 saturated heterocycles. The van der Waals surface area contributed by atoms with Crippen LogP contribution in [0.5, 0.6) is 0 Å². The maximum Gasteiger partial charge on any atom is 0.167 e. The van der Waals surface area contributed by atoms with Gasteiger partial charge in [0.25, 0.3) is 0 Å². The van der Waals surface area contributed by atoms with Crippen LogP contribution in [-0.4, -0.2) is 11.0 Å². The number of aromatic nitrogens is 1. The monoisotopic (exact) mass is 263 g/mol. The molecule has 1 heterocycles. The van der Waals surface area contributed by atoms with E-state index >= 15 is 0 Å². The quantitative estimate of drug-likeness (QED) is 0.774. The zero-order chi connectivity index (χ0) is 11.5. The Hall–Kier alpha value is -0.580. The second kappa shape index (κ2) is 5.38. The van der Waals surface area contributed by atoms with Crippen molar-refractivity contribution < 1.29 is 0 Å². The Balaban J connectivity index is 1.64. The van der Waals surface area contributed by atoms with Crippen molar-refractivity contribution in [3.63, 3.8) is 0 Å². The molecule has 89 valence electrons. The first-order valence-electron chi connectivity index (χ1n) is 6.14. The molecule has 1 saturated carbocycles. The average molecular weight is 263 g/mol. The summed E-state index contributed by atoms with van der Waals surface area (Å²) < 4.78 is 7.05. The van der Waals surface area contributed by atoms with E-state index in [4.69, 9.17) is 4.72 Å². The van der Waals surface area contributed by atoms with E-state index in [0.717, 1.165) is 9.86 Å². The molecule has 1 fully saturated rings. The molecule has 17 heavy (non-hydrogen) atoms. The lowest BCUT2D eigenvalue weighted by molar-refractivity contribution is 0.420. The number of thiazole rings is 1. The third-order valence-corrected chi connectivity index (χ3v) is 5.08. The summed E-state index contributed by atoms with van der Waals surface area (Å²) >= 11 is 3.33. The van der Waals surface area contributed by atoms with E-state index in [1.807, 2.05) is 6.07 Å². The minimum atomic E-state index is 0.556. The third kappa shape index (κ3) is 2.81. The highest BCUT2D eigenvalue weighted by molar-refractivity contribution is 7.99. The number of rotatable bonds is 3. The molecular formula is C13H15N2S2. The molecule has 3 rings (SSSR count). The van der Waals surface area contributed by atoms with Crippen molar-refractivity contribution in [2.75, 3.05) is 0 Å². The molecule has 1 aliphatic carbocycles. The maximum atomic E-state index is 4.71. The van der Waals surface area contributed by atoms with Crippen molar-refractivity contribution in [1.29, 1.82) is 0 Å². The van der Waals surface area contributed by atoms with Gasteiger partial charge in [0.1, 0.15) is 0 Å². The fraction of sp³-hybridized carbons (Fsp3) is 0.462. The van der Waals surface area contributed by atoms with Crippen molar-refractivity contribution in [1.82, 2.24) is 9.71 Å². The molecule has 0 bridgehead atoms. The highest BCUT2D eigenvalue weighted by atomic mass is 32.2. The zero-order valence-electron chi connectivity index (χ0n) is 9.63. The molecule has 0 unspecified atom stereocenters. The van der Waals surface area contributed by atoms with Gasteiger partial charge < -0.3 is 0 Å². The van der Waals surface area contributed by atoms with Crippen molar-refractivity contribution >= 4 is 33.5 Å². The van der Waals surface area contributed by atoms with Gasteiger partial charge in [-0.25, -0.2) is 4.98 Å². The standard InChI is InChI=1S/C13H15N2S2/c1-2-6-10(7-3-1)15-17-13-14-11-8-4-5-9-12(11)16-13/h4-5,8-10H,1-3,6-7H2. The third-order valence-electron chi connectivity index (χ3n) is 3.13. The van der Waals surface area contributed by atoms with Gasteiger partial charge in [-0.1, -0.05) is 31.4 Å². The number of nitrogens with zero attached hydrogens (tertiary/aromatic N) is 2. The van der Waals surface area contributed by atoms with Crippen LogP contribution in [0.3, 0.4) is 0 Å². The first-order chi connectivity index (χ1) is 8.42. The van der Waals surface area contributed by atoms with Gasteiger partial charge in [0.05, 0.1) is 10.2 Å². The Kier molecular flexibility index (Phi) is 3.64. The Morgan fingerprint density at radius 1 is 1.18 bits per heavy atom. The van der Waals surface area contributed by atoms with E-state index in [1.165, 1.54) is 36.8 Å². The van der Waals surface area contributed by atoms with Crippen molar-refractivity contribution in [3.8, 4) is 0 Å². The molecule has 2 aromatic rings. The number of benzene rings is 1. The number of para-hydroxylation sites is 1. The van der Waals surface area contributed by atoms with Gasteiger partial charge in [-0.2, -0.15) is 4.72 Å². The van der Waals surface area contributed by atoms with Crippen LogP contribution in [0, 0.1) is 0 Å². The summed E-state index contributed by atoms with van der Waals surface area (Å²) in [6.07, 6.45) is 6.59. The van der Waals surface area contributed by atoms with Crippen LogP contribution in [0.1, 0.15) is 32.1 Å². The average Bonchev–Trinajstić information content (AvgIpc) is 2.80. The summed E-state index contributed by atoms with van der Waals surface area (Å²) in [4.78, 5) is 4.58. The van der Waals surface area contributed by atoms with E-state index in [-0.39, 0.29) is 0 Å². The van der Waals surface area contributed by atoms with Gasteiger partial charge in [-0.05, 0) is 25.0 Å².